The summed E-state index contributed by atoms with van der Waals surface area (Å²) in [5.41, 5.74) is -2.78. The van der Waals surface area contributed by atoms with Crippen LogP contribution in [-0.2, 0) is 4.79 Å². The maximum absolute atomic E-state index is 11.6. The number of anilines is 1. The minimum atomic E-state index is -1.72. The number of aliphatic hydroxyl groups is 3. The van der Waals surface area contributed by atoms with Crippen molar-refractivity contribution in [1.82, 2.24) is 0 Å². The van der Waals surface area contributed by atoms with Gasteiger partial charge >= 0.3 is 5.97 Å². The summed E-state index contributed by atoms with van der Waals surface area (Å²) in [6, 6.07) is 8.56. The highest BCUT2D eigenvalue weighted by molar-refractivity contribution is 5.83. The third kappa shape index (κ3) is 2.70. The zero-order chi connectivity index (χ0) is 14.5. The summed E-state index contributed by atoms with van der Waals surface area (Å²) in [6.07, 6.45) is 0. The number of carboxylic acids is 1. The molecular weight excluding hydrogens is 250 g/mol. The first-order valence-corrected chi connectivity index (χ1v) is 5.85. The van der Waals surface area contributed by atoms with E-state index >= 15 is 0 Å². The Morgan fingerprint density at radius 3 is 1.95 bits per heavy atom. The second-order valence-corrected chi connectivity index (χ2v) is 4.68. The van der Waals surface area contributed by atoms with Crippen LogP contribution in [0.15, 0.2) is 30.3 Å². The molecule has 0 saturated carbocycles. The van der Waals surface area contributed by atoms with Gasteiger partial charge in [-0.3, -0.25) is 0 Å². The smallest absolute Gasteiger partial charge is 0.329 e. The van der Waals surface area contributed by atoms with Crippen LogP contribution in [-0.4, -0.2) is 51.8 Å². The molecule has 0 aliphatic carbocycles. The van der Waals surface area contributed by atoms with Crippen molar-refractivity contribution in [3.8, 4) is 0 Å². The van der Waals surface area contributed by atoms with Crippen LogP contribution in [0.5, 0.6) is 0 Å². The molecule has 0 saturated heterocycles. The molecule has 19 heavy (non-hydrogen) atoms. The van der Waals surface area contributed by atoms with E-state index in [1.165, 1.54) is 6.92 Å². The highest BCUT2D eigenvalue weighted by Crippen LogP contribution is 2.34. The number of hydrogen-bond acceptors (Lipinski definition) is 5. The quantitative estimate of drug-likeness (QED) is 0.473. The molecule has 0 aromatic heterocycles. The summed E-state index contributed by atoms with van der Waals surface area (Å²) in [5, 5.41) is 40.4. The molecular formula is C13H19NO5. The number of benzene rings is 1. The van der Waals surface area contributed by atoms with E-state index in [-0.39, 0.29) is 0 Å². The third-order valence-electron chi connectivity index (χ3n) is 3.56. The van der Waals surface area contributed by atoms with E-state index in [0.717, 1.165) is 0 Å². The van der Waals surface area contributed by atoms with Crippen molar-refractivity contribution in [2.24, 2.45) is 5.41 Å². The molecule has 1 rings (SSSR count). The lowest BCUT2D eigenvalue weighted by atomic mass is 9.71. The summed E-state index contributed by atoms with van der Waals surface area (Å²) in [5.74, 6) is -1.27. The number of nitrogens with one attached hydrogen (secondary N) is 1. The molecule has 6 heteroatoms. The zero-order valence-electron chi connectivity index (χ0n) is 10.7. The molecule has 0 bridgehead atoms. The van der Waals surface area contributed by atoms with Gasteiger partial charge in [-0.05, 0) is 19.1 Å². The van der Waals surface area contributed by atoms with Crippen LogP contribution in [0, 0.1) is 5.41 Å². The van der Waals surface area contributed by atoms with E-state index < -0.39 is 36.7 Å². The first kappa shape index (κ1) is 15.4. The average Bonchev–Trinajstić information content (AvgIpc) is 2.42. The summed E-state index contributed by atoms with van der Waals surface area (Å²) in [6.45, 7) is -0.668. The number of hydrogen-bond donors (Lipinski definition) is 5. The van der Waals surface area contributed by atoms with Gasteiger partial charge < -0.3 is 25.7 Å². The van der Waals surface area contributed by atoms with E-state index in [9.17, 15) is 25.2 Å². The van der Waals surface area contributed by atoms with Gasteiger partial charge in [-0.25, -0.2) is 4.79 Å². The van der Waals surface area contributed by atoms with Gasteiger partial charge in [0.25, 0.3) is 0 Å². The van der Waals surface area contributed by atoms with Crippen LogP contribution >= 0.6 is 0 Å². The minimum absolute atomic E-state index is 0.520. The van der Waals surface area contributed by atoms with Crippen LogP contribution in [0.25, 0.3) is 0 Å². The minimum Gasteiger partial charge on any atom is -0.479 e. The summed E-state index contributed by atoms with van der Waals surface area (Å²) >= 11 is 0. The van der Waals surface area contributed by atoms with Gasteiger partial charge in [0.1, 0.15) is 5.54 Å². The van der Waals surface area contributed by atoms with E-state index in [1.54, 1.807) is 30.3 Å². The monoisotopic (exact) mass is 269 g/mol. The predicted molar refractivity (Wildman–Crippen MR) is 69.8 cm³/mol. The SMILES string of the molecule is CC(Nc1ccccc1)(C(=O)O)C(CO)(CO)CO. The van der Waals surface area contributed by atoms with E-state index in [0.29, 0.717) is 5.69 Å². The highest BCUT2D eigenvalue weighted by atomic mass is 16.4. The van der Waals surface area contributed by atoms with E-state index in [4.69, 9.17) is 0 Å². The van der Waals surface area contributed by atoms with Gasteiger partial charge in [-0.2, -0.15) is 0 Å². The molecule has 1 atom stereocenters. The van der Waals surface area contributed by atoms with E-state index in [1.807, 2.05) is 0 Å². The fourth-order valence-corrected chi connectivity index (χ4v) is 1.85. The largest absolute Gasteiger partial charge is 0.479 e. The molecule has 1 unspecified atom stereocenters. The van der Waals surface area contributed by atoms with Gasteiger partial charge in [0.05, 0.1) is 25.2 Å². The van der Waals surface area contributed by atoms with Crippen molar-refractivity contribution in [3.63, 3.8) is 0 Å². The van der Waals surface area contributed by atoms with Crippen LogP contribution < -0.4 is 5.32 Å². The lowest BCUT2D eigenvalue weighted by Crippen LogP contribution is -2.62. The Labute approximate surface area is 111 Å². The molecule has 106 valence electrons. The molecule has 1 aromatic rings. The first-order valence-electron chi connectivity index (χ1n) is 5.85. The number of aliphatic carboxylic acids is 1. The maximum atomic E-state index is 11.6. The van der Waals surface area contributed by atoms with Crippen LogP contribution in [0.4, 0.5) is 5.69 Å². The van der Waals surface area contributed by atoms with E-state index in [2.05, 4.69) is 5.32 Å². The maximum Gasteiger partial charge on any atom is 0.329 e. The van der Waals surface area contributed by atoms with Crippen molar-refractivity contribution in [1.29, 1.82) is 0 Å². The van der Waals surface area contributed by atoms with Gasteiger partial charge in [-0.1, -0.05) is 18.2 Å². The van der Waals surface area contributed by atoms with Crippen LogP contribution in [0.2, 0.25) is 0 Å². The molecule has 0 aliphatic rings. The topological polar surface area (TPSA) is 110 Å². The number of rotatable bonds is 7. The van der Waals surface area contributed by atoms with Crippen LogP contribution in [0.1, 0.15) is 6.92 Å². The fourth-order valence-electron chi connectivity index (χ4n) is 1.85. The van der Waals surface area contributed by atoms with Crippen molar-refractivity contribution in [2.45, 2.75) is 12.5 Å². The molecule has 0 amide bonds. The second-order valence-electron chi connectivity index (χ2n) is 4.68. The Balaban J connectivity index is 3.20. The van der Waals surface area contributed by atoms with Gasteiger partial charge in [0.15, 0.2) is 0 Å². The van der Waals surface area contributed by atoms with Crippen molar-refractivity contribution >= 4 is 11.7 Å². The number of carboxylic acid groups (broad SMARTS) is 1. The Morgan fingerprint density at radius 1 is 1.11 bits per heavy atom. The van der Waals surface area contributed by atoms with Crippen molar-refractivity contribution in [3.05, 3.63) is 30.3 Å². The third-order valence-corrected chi connectivity index (χ3v) is 3.56. The van der Waals surface area contributed by atoms with Crippen LogP contribution in [0.3, 0.4) is 0 Å². The molecule has 0 fully saturated rings. The summed E-state index contributed by atoms with van der Waals surface area (Å²) < 4.78 is 0. The molecule has 6 nitrogen and oxygen atoms in total. The number of aliphatic hydroxyl groups excluding tert-OH is 3. The Hall–Kier alpha value is -1.63. The van der Waals surface area contributed by atoms with Crippen molar-refractivity contribution < 1.29 is 25.2 Å². The summed E-state index contributed by atoms with van der Waals surface area (Å²) in [4.78, 5) is 11.6. The normalized spacial score (nSPS) is 14.7. The molecule has 0 radical (unpaired) electrons. The van der Waals surface area contributed by atoms with Gasteiger partial charge in [0, 0.05) is 5.69 Å². The Bertz CT molecular complexity index is 410. The lowest BCUT2D eigenvalue weighted by molar-refractivity contribution is -0.153. The summed E-state index contributed by atoms with van der Waals surface area (Å²) in [7, 11) is 0. The first-order chi connectivity index (χ1) is 8.95. The van der Waals surface area contributed by atoms with Crippen molar-refractivity contribution in [2.75, 3.05) is 25.1 Å². The average molecular weight is 269 g/mol. The van der Waals surface area contributed by atoms with Gasteiger partial charge in [-0.15, -0.1) is 0 Å². The fraction of sp³-hybridized carbons (Fsp3) is 0.462. The second kappa shape index (κ2) is 6.01. The standard InChI is InChI=1S/C13H19NO5/c1-12(11(18)19,13(7-15,8-16)9-17)14-10-5-3-2-4-6-10/h2-6,14-17H,7-9H2,1H3,(H,18,19). The lowest BCUT2D eigenvalue weighted by Gasteiger charge is -2.43. The molecule has 0 spiro atoms. The zero-order valence-corrected chi connectivity index (χ0v) is 10.7. The molecule has 0 heterocycles. The number of para-hydroxylation sites is 1. The predicted octanol–water partition coefficient (Wildman–Crippen LogP) is -0.0949. The molecule has 0 aliphatic heterocycles. The number of carbonyl (C=O) groups is 1. The van der Waals surface area contributed by atoms with Gasteiger partial charge in [0.2, 0.25) is 0 Å². The highest BCUT2D eigenvalue weighted by Gasteiger charge is 2.53. The molecule has 1 aromatic carbocycles. The Morgan fingerprint density at radius 2 is 1.58 bits per heavy atom. The molecule has 5 N–H and O–H groups in total. The Kier molecular flexibility index (Phi) is 4.88.